The molecule has 5 heteroatoms. The van der Waals surface area contributed by atoms with Crippen LogP contribution < -0.4 is 5.32 Å². The second-order valence-electron chi connectivity index (χ2n) is 4.70. The highest BCUT2D eigenvalue weighted by Gasteiger charge is 2.06. The van der Waals surface area contributed by atoms with Crippen molar-refractivity contribution in [3.05, 3.63) is 66.8 Å². The average Bonchev–Trinajstić information content (AvgIpc) is 3.18. The predicted octanol–water partition coefficient (Wildman–Crippen LogP) is 2.45. The van der Waals surface area contributed by atoms with E-state index in [1.54, 1.807) is 18.7 Å². The summed E-state index contributed by atoms with van der Waals surface area (Å²) in [6, 6.07) is 8.74. The van der Waals surface area contributed by atoms with Crippen LogP contribution in [0.15, 0.2) is 55.4 Å². The van der Waals surface area contributed by atoms with Crippen molar-refractivity contribution in [2.24, 2.45) is 0 Å². The summed E-state index contributed by atoms with van der Waals surface area (Å²) in [6.45, 7) is 2.88. The fourth-order valence-corrected chi connectivity index (χ4v) is 2.11. The second-order valence-corrected chi connectivity index (χ2v) is 4.70. The van der Waals surface area contributed by atoms with Crippen LogP contribution in [-0.2, 0) is 6.54 Å². The third-order valence-electron chi connectivity index (χ3n) is 3.33. The van der Waals surface area contributed by atoms with E-state index >= 15 is 0 Å². The summed E-state index contributed by atoms with van der Waals surface area (Å²) in [7, 11) is 0. The zero-order chi connectivity index (χ0) is 13.8. The van der Waals surface area contributed by atoms with Gasteiger partial charge in [0.2, 0.25) is 0 Å². The predicted molar refractivity (Wildman–Crippen MR) is 77.4 cm³/mol. The van der Waals surface area contributed by atoms with E-state index in [2.05, 4.69) is 51.5 Å². The molecule has 0 aliphatic heterocycles. The molecule has 3 rings (SSSR count). The molecule has 20 heavy (non-hydrogen) atoms. The number of hydrogen-bond acceptors (Lipinski definition) is 3. The zero-order valence-electron chi connectivity index (χ0n) is 11.3. The van der Waals surface area contributed by atoms with Gasteiger partial charge in [0.25, 0.3) is 0 Å². The van der Waals surface area contributed by atoms with Crippen molar-refractivity contribution < 1.29 is 0 Å². The van der Waals surface area contributed by atoms with Crippen LogP contribution in [0.4, 0.5) is 0 Å². The standard InChI is InChI=1S/C15H17N5/c1-12(19-10-15-17-6-7-18-15)13-2-4-14(5-3-13)20-9-8-16-11-20/h2-9,11-12,19H,10H2,1H3,(H,17,18). The van der Waals surface area contributed by atoms with Crippen molar-refractivity contribution in [1.82, 2.24) is 24.8 Å². The smallest absolute Gasteiger partial charge is 0.120 e. The molecular formula is C15H17N5. The molecule has 0 bridgehead atoms. The first kappa shape index (κ1) is 12.6. The zero-order valence-corrected chi connectivity index (χ0v) is 11.3. The highest BCUT2D eigenvalue weighted by molar-refractivity contribution is 5.35. The maximum absolute atomic E-state index is 4.20. The molecule has 0 amide bonds. The van der Waals surface area contributed by atoms with Gasteiger partial charge >= 0.3 is 0 Å². The molecule has 1 aromatic carbocycles. The molecule has 0 spiro atoms. The molecule has 0 saturated heterocycles. The van der Waals surface area contributed by atoms with Crippen molar-refractivity contribution in [1.29, 1.82) is 0 Å². The number of H-pyrrole nitrogens is 1. The van der Waals surface area contributed by atoms with E-state index in [1.165, 1.54) is 5.56 Å². The Morgan fingerprint density at radius 1 is 1.25 bits per heavy atom. The van der Waals surface area contributed by atoms with E-state index in [-0.39, 0.29) is 6.04 Å². The highest BCUT2D eigenvalue weighted by Crippen LogP contribution is 2.15. The molecule has 1 unspecified atom stereocenters. The minimum atomic E-state index is 0.275. The van der Waals surface area contributed by atoms with E-state index in [0.717, 1.165) is 18.1 Å². The number of aromatic amines is 1. The number of rotatable bonds is 5. The molecule has 2 N–H and O–H groups in total. The highest BCUT2D eigenvalue weighted by atomic mass is 15.0. The van der Waals surface area contributed by atoms with E-state index < -0.39 is 0 Å². The number of aromatic nitrogens is 4. The summed E-state index contributed by atoms with van der Waals surface area (Å²) in [5.41, 5.74) is 2.37. The molecule has 0 fully saturated rings. The maximum atomic E-state index is 4.20. The lowest BCUT2D eigenvalue weighted by atomic mass is 10.1. The molecule has 0 radical (unpaired) electrons. The maximum Gasteiger partial charge on any atom is 0.120 e. The monoisotopic (exact) mass is 267 g/mol. The molecule has 1 atom stereocenters. The largest absolute Gasteiger partial charge is 0.348 e. The summed E-state index contributed by atoms with van der Waals surface area (Å²) in [4.78, 5) is 11.3. The average molecular weight is 267 g/mol. The van der Waals surface area contributed by atoms with E-state index in [1.807, 2.05) is 17.0 Å². The quantitative estimate of drug-likeness (QED) is 0.746. The van der Waals surface area contributed by atoms with Crippen LogP contribution in [0, 0.1) is 0 Å². The van der Waals surface area contributed by atoms with Gasteiger partial charge in [-0.3, -0.25) is 0 Å². The first-order valence-corrected chi connectivity index (χ1v) is 6.63. The minimum absolute atomic E-state index is 0.275. The Hall–Kier alpha value is -2.40. The number of benzene rings is 1. The fourth-order valence-electron chi connectivity index (χ4n) is 2.11. The van der Waals surface area contributed by atoms with Gasteiger partial charge in [0, 0.05) is 36.5 Å². The number of imidazole rings is 2. The van der Waals surface area contributed by atoms with E-state index in [9.17, 15) is 0 Å². The van der Waals surface area contributed by atoms with Gasteiger partial charge in [-0.25, -0.2) is 9.97 Å². The molecule has 0 aliphatic rings. The van der Waals surface area contributed by atoms with Crippen molar-refractivity contribution in [3.63, 3.8) is 0 Å². The van der Waals surface area contributed by atoms with Gasteiger partial charge in [-0.2, -0.15) is 0 Å². The Bertz CT molecular complexity index is 625. The normalized spacial score (nSPS) is 12.4. The van der Waals surface area contributed by atoms with Crippen LogP contribution in [0.1, 0.15) is 24.4 Å². The Balaban J connectivity index is 1.65. The molecule has 2 aromatic heterocycles. The lowest BCUT2D eigenvalue weighted by molar-refractivity contribution is 0.562. The molecule has 0 saturated carbocycles. The van der Waals surface area contributed by atoms with Crippen LogP contribution in [-0.4, -0.2) is 19.5 Å². The van der Waals surface area contributed by atoms with Crippen molar-refractivity contribution in [2.45, 2.75) is 19.5 Å². The first-order chi connectivity index (χ1) is 9.83. The van der Waals surface area contributed by atoms with Gasteiger partial charge in [0.15, 0.2) is 0 Å². The Kier molecular flexibility index (Phi) is 3.60. The van der Waals surface area contributed by atoms with Crippen LogP contribution in [0.3, 0.4) is 0 Å². The van der Waals surface area contributed by atoms with Gasteiger partial charge in [0.05, 0.1) is 12.9 Å². The lowest BCUT2D eigenvalue weighted by Gasteiger charge is -2.14. The number of nitrogens with one attached hydrogen (secondary N) is 2. The first-order valence-electron chi connectivity index (χ1n) is 6.63. The van der Waals surface area contributed by atoms with Crippen molar-refractivity contribution >= 4 is 0 Å². The van der Waals surface area contributed by atoms with Gasteiger partial charge < -0.3 is 14.9 Å². The van der Waals surface area contributed by atoms with Crippen LogP contribution >= 0.6 is 0 Å². The Morgan fingerprint density at radius 2 is 2.10 bits per heavy atom. The SMILES string of the molecule is CC(NCc1ncc[nH]1)c1ccc(-n2ccnc2)cc1. The topological polar surface area (TPSA) is 58.5 Å². The number of hydrogen-bond donors (Lipinski definition) is 2. The van der Waals surface area contributed by atoms with Gasteiger partial charge in [-0.15, -0.1) is 0 Å². The van der Waals surface area contributed by atoms with Crippen LogP contribution in [0.2, 0.25) is 0 Å². The summed E-state index contributed by atoms with van der Waals surface area (Å²) in [5.74, 6) is 0.951. The minimum Gasteiger partial charge on any atom is -0.348 e. The molecule has 2 heterocycles. The van der Waals surface area contributed by atoms with Crippen LogP contribution in [0.25, 0.3) is 5.69 Å². The molecule has 102 valence electrons. The van der Waals surface area contributed by atoms with Gasteiger partial charge in [-0.05, 0) is 24.6 Å². The third-order valence-corrected chi connectivity index (χ3v) is 3.33. The lowest BCUT2D eigenvalue weighted by Crippen LogP contribution is -2.18. The molecular weight excluding hydrogens is 250 g/mol. The summed E-state index contributed by atoms with van der Waals surface area (Å²) in [5, 5.41) is 3.44. The summed E-state index contributed by atoms with van der Waals surface area (Å²) >= 11 is 0. The van der Waals surface area contributed by atoms with Crippen molar-refractivity contribution in [3.8, 4) is 5.69 Å². The second kappa shape index (κ2) is 5.71. The molecule has 3 aromatic rings. The Labute approximate surface area is 117 Å². The van der Waals surface area contributed by atoms with Crippen LogP contribution in [0.5, 0.6) is 0 Å². The Morgan fingerprint density at radius 3 is 2.75 bits per heavy atom. The molecule has 0 aliphatic carbocycles. The van der Waals surface area contributed by atoms with E-state index in [0.29, 0.717) is 0 Å². The van der Waals surface area contributed by atoms with Crippen molar-refractivity contribution in [2.75, 3.05) is 0 Å². The van der Waals surface area contributed by atoms with E-state index in [4.69, 9.17) is 0 Å². The molecule has 5 nitrogen and oxygen atoms in total. The summed E-state index contributed by atoms with van der Waals surface area (Å²) in [6.07, 6.45) is 9.12. The summed E-state index contributed by atoms with van der Waals surface area (Å²) < 4.78 is 1.99. The number of nitrogens with zero attached hydrogens (tertiary/aromatic N) is 3. The van der Waals surface area contributed by atoms with Gasteiger partial charge in [-0.1, -0.05) is 12.1 Å². The fraction of sp³-hybridized carbons (Fsp3) is 0.200. The third kappa shape index (κ3) is 2.78. The van der Waals surface area contributed by atoms with Gasteiger partial charge in [0.1, 0.15) is 5.82 Å².